The molecular formula is C21H23NO4. The van der Waals surface area contributed by atoms with Crippen LogP contribution in [0.5, 0.6) is 11.5 Å². The van der Waals surface area contributed by atoms with Crippen molar-refractivity contribution < 1.29 is 18.7 Å². The van der Waals surface area contributed by atoms with Crippen LogP contribution in [0.4, 0.5) is 5.69 Å². The fourth-order valence-electron chi connectivity index (χ4n) is 2.84. The Morgan fingerprint density at radius 1 is 1.08 bits per heavy atom. The molecule has 0 aliphatic rings. The van der Waals surface area contributed by atoms with Crippen LogP contribution in [-0.4, -0.2) is 19.1 Å². The molecule has 0 bridgehead atoms. The topological polar surface area (TPSA) is 60.7 Å². The van der Waals surface area contributed by atoms with Crippen LogP contribution in [0, 0.1) is 6.92 Å². The first-order chi connectivity index (χ1) is 12.6. The van der Waals surface area contributed by atoms with E-state index >= 15 is 0 Å². The summed E-state index contributed by atoms with van der Waals surface area (Å²) in [5.41, 5.74) is 3.38. The second-order valence-electron chi connectivity index (χ2n) is 6.01. The van der Waals surface area contributed by atoms with Gasteiger partial charge < -0.3 is 19.2 Å². The maximum atomic E-state index is 12.6. The van der Waals surface area contributed by atoms with Gasteiger partial charge in [0.2, 0.25) is 5.91 Å². The Balaban J connectivity index is 1.79. The van der Waals surface area contributed by atoms with Crippen molar-refractivity contribution >= 4 is 22.6 Å². The molecule has 1 heterocycles. The van der Waals surface area contributed by atoms with Crippen molar-refractivity contribution in [2.24, 2.45) is 0 Å². The largest absolute Gasteiger partial charge is 0.494 e. The zero-order chi connectivity index (χ0) is 18.5. The first kappa shape index (κ1) is 17.9. The number of anilines is 1. The number of benzene rings is 2. The van der Waals surface area contributed by atoms with E-state index in [4.69, 9.17) is 13.9 Å². The summed E-state index contributed by atoms with van der Waals surface area (Å²) in [7, 11) is 0. The van der Waals surface area contributed by atoms with Crippen LogP contribution in [0.3, 0.4) is 0 Å². The molecular weight excluding hydrogens is 330 g/mol. The first-order valence-corrected chi connectivity index (χ1v) is 8.77. The zero-order valence-electron chi connectivity index (χ0n) is 15.3. The van der Waals surface area contributed by atoms with Crippen molar-refractivity contribution in [2.45, 2.75) is 27.2 Å². The van der Waals surface area contributed by atoms with Gasteiger partial charge in [-0.3, -0.25) is 4.79 Å². The lowest BCUT2D eigenvalue weighted by molar-refractivity contribution is -0.115. The summed E-state index contributed by atoms with van der Waals surface area (Å²) in [6.45, 7) is 6.90. The van der Waals surface area contributed by atoms with Gasteiger partial charge in [0.15, 0.2) is 0 Å². The Morgan fingerprint density at radius 3 is 2.65 bits per heavy atom. The van der Waals surface area contributed by atoms with Crippen LogP contribution in [0.2, 0.25) is 0 Å². The maximum absolute atomic E-state index is 12.6. The number of nitrogens with one attached hydrogen (secondary N) is 1. The third-order valence-corrected chi connectivity index (χ3v) is 4.00. The zero-order valence-corrected chi connectivity index (χ0v) is 15.3. The minimum Gasteiger partial charge on any atom is -0.494 e. The number of amides is 1. The van der Waals surface area contributed by atoms with Crippen molar-refractivity contribution in [3.05, 3.63) is 53.8 Å². The number of carbonyl (C=O) groups excluding carboxylic acids is 1. The van der Waals surface area contributed by atoms with Crippen LogP contribution in [-0.2, 0) is 11.2 Å². The monoisotopic (exact) mass is 353 g/mol. The van der Waals surface area contributed by atoms with E-state index in [1.165, 1.54) is 0 Å². The fraction of sp³-hybridized carbons (Fsp3) is 0.286. The molecule has 5 nitrogen and oxygen atoms in total. The van der Waals surface area contributed by atoms with Crippen LogP contribution >= 0.6 is 0 Å². The van der Waals surface area contributed by atoms with E-state index < -0.39 is 0 Å². The van der Waals surface area contributed by atoms with E-state index in [0.717, 1.165) is 22.1 Å². The lowest BCUT2D eigenvalue weighted by atomic mass is 10.1. The maximum Gasteiger partial charge on any atom is 0.229 e. The number of carbonyl (C=O) groups is 1. The molecule has 0 aliphatic carbocycles. The number of rotatable bonds is 7. The van der Waals surface area contributed by atoms with Gasteiger partial charge in [0.05, 0.1) is 31.6 Å². The third-order valence-electron chi connectivity index (χ3n) is 4.00. The van der Waals surface area contributed by atoms with Crippen molar-refractivity contribution in [3.8, 4) is 11.5 Å². The first-order valence-electron chi connectivity index (χ1n) is 8.77. The molecule has 0 atom stereocenters. The molecule has 1 aromatic heterocycles. The van der Waals surface area contributed by atoms with Gasteiger partial charge in [-0.15, -0.1) is 0 Å². The molecule has 0 fully saturated rings. The minimum atomic E-state index is -0.136. The average Bonchev–Trinajstić information content (AvgIpc) is 2.99. The number of fused-ring (bicyclic) bond motifs is 1. The van der Waals surface area contributed by atoms with Crippen molar-refractivity contribution in [3.63, 3.8) is 0 Å². The molecule has 26 heavy (non-hydrogen) atoms. The molecule has 0 spiro atoms. The predicted molar refractivity (Wildman–Crippen MR) is 102 cm³/mol. The van der Waals surface area contributed by atoms with E-state index in [1.807, 2.05) is 45.0 Å². The van der Waals surface area contributed by atoms with Crippen LogP contribution in [0.1, 0.15) is 25.0 Å². The van der Waals surface area contributed by atoms with Gasteiger partial charge in [-0.2, -0.15) is 0 Å². The van der Waals surface area contributed by atoms with E-state index in [1.54, 1.807) is 18.4 Å². The molecule has 0 aliphatic heterocycles. The molecule has 0 radical (unpaired) electrons. The molecule has 0 unspecified atom stereocenters. The van der Waals surface area contributed by atoms with Gasteiger partial charge in [0.25, 0.3) is 0 Å². The van der Waals surface area contributed by atoms with Gasteiger partial charge in [0, 0.05) is 17.0 Å². The highest BCUT2D eigenvalue weighted by molar-refractivity contribution is 5.96. The second kappa shape index (κ2) is 7.95. The quantitative estimate of drug-likeness (QED) is 0.668. The number of ether oxygens (including phenoxy) is 2. The number of furan rings is 1. The van der Waals surface area contributed by atoms with Crippen molar-refractivity contribution in [1.29, 1.82) is 0 Å². The standard InChI is InChI=1S/C21H23NO4/c1-4-24-16-7-9-19(25-5-2)18(12-16)22-21(23)11-15-13-26-20-10-14(3)6-8-17(15)20/h6-10,12-13H,4-5,11H2,1-3H3,(H,22,23). The van der Waals surface area contributed by atoms with E-state index in [0.29, 0.717) is 30.4 Å². The molecule has 1 amide bonds. The second-order valence-corrected chi connectivity index (χ2v) is 6.01. The van der Waals surface area contributed by atoms with E-state index in [9.17, 15) is 4.79 Å². The molecule has 3 aromatic rings. The molecule has 2 aromatic carbocycles. The fourth-order valence-corrected chi connectivity index (χ4v) is 2.84. The molecule has 136 valence electrons. The number of hydrogen-bond acceptors (Lipinski definition) is 4. The van der Waals surface area contributed by atoms with Crippen molar-refractivity contribution in [1.82, 2.24) is 0 Å². The predicted octanol–water partition coefficient (Wildman–Crippen LogP) is 4.72. The highest BCUT2D eigenvalue weighted by Crippen LogP contribution is 2.30. The summed E-state index contributed by atoms with van der Waals surface area (Å²) in [4.78, 5) is 12.6. The highest BCUT2D eigenvalue weighted by Gasteiger charge is 2.13. The lowest BCUT2D eigenvalue weighted by Gasteiger charge is -2.13. The smallest absolute Gasteiger partial charge is 0.229 e. The van der Waals surface area contributed by atoms with Gasteiger partial charge in [0.1, 0.15) is 17.1 Å². The van der Waals surface area contributed by atoms with Gasteiger partial charge in [-0.1, -0.05) is 12.1 Å². The highest BCUT2D eigenvalue weighted by atomic mass is 16.5. The molecule has 0 saturated heterocycles. The van der Waals surface area contributed by atoms with Gasteiger partial charge >= 0.3 is 0 Å². The van der Waals surface area contributed by atoms with E-state index in [-0.39, 0.29) is 12.3 Å². The Bertz CT molecular complexity index is 914. The number of aryl methyl sites for hydroxylation is 1. The number of hydrogen-bond donors (Lipinski definition) is 1. The Kier molecular flexibility index (Phi) is 5.46. The summed E-state index contributed by atoms with van der Waals surface area (Å²) in [6.07, 6.45) is 1.87. The van der Waals surface area contributed by atoms with Gasteiger partial charge in [-0.25, -0.2) is 0 Å². The normalized spacial score (nSPS) is 10.7. The Labute approximate surface area is 152 Å². The summed E-state index contributed by atoms with van der Waals surface area (Å²) in [5, 5.41) is 3.88. The van der Waals surface area contributed by atoms with Crippen molar-refractivity contribution in [2.75, 3.05) is 18.5 Å². The summed E-state index contributed by atoms with van der Waals surface area (Å²) in [6, 6.07) is 11.4. The molecule has 1 N–H and O–H groups in total. The molecule has 3 rings (SSSR count). The average molecular weight is 353 g/mol. The minimum absolute atomic E-state index is 0.136. The van der Waals surface area contributed by atoms with Crippen LogP contribution in [0.25, 0.3) is 11.0 Å². The van der Waals surface area contributed by atoms with Gasteiger partial charge in [-0.05, 0) is 44.5 Å². The van der Waals surface area contributed by atoms with Crippen LogP contribution in [0.15, 0.2) is 47.1 Å². The Morgan fingerprint density at radius 2 is 1.88 bits per heavy atom. The molecule has 0 saturated carbocycles. The summed E-state index contributed by atoms with van der Waals surface area (Å²) in [5.74, 6) is 1.18. The molecule has 5 heteroatoms. The third kappa shape index (κ3) is 3.99. The summed E-state index contributed by atoms with van der Waals surface area (Å²) >= 11 is 0. The SMILES string of the molecule is CCOc1ccc(OCC)c(NC(=O)Cc2coc3cc(C)ccc23)c1. The Hall–Kier alpha value is -2.95. The van der Waals surface area contributed by atoms with E-state index in [2.05, 4.69) is 5.32 Å². The summed E-state index contributed by atoms with van der Waals surface area (Å²) < 4.78 is 16.7. The van der Waals surface area contributed by atoms with Crippen LogP contribution < -0.4 is 14.8 Å². The lowest BCUT2D eigenvalue weighted by Crippen LogP contribution is -2.15.